The van der Waals surface area contributed by atoms with Crippen LogP contribution in [0.4, 0.5) is 0 Å². The number of likely N-dealkylation sites (N-methyl/N-ethyl adjacent to an activating group) is 1. The smallest absolute Gasteiger partial charge is 0.0695 e. The van der Waals surface area contributed by atoms with Crippen molar-refractivity contribution >= 4 is 0 Å². The summed E-state index contributed by atoms with van der Waals surface area (Å²) >= 11 is 0. The molecule has 0 unspecified atom stereocenters. The van der Waals surface area contributed by atoms with E-state index in [1.54, 1.807) is 0 Å². The largest absolute Gasteiger partial charge is 0.391 e. The van der Waals surface area contributed by atoms with Crippen molar-refractivity contribution in [1.82, 2.24) is 9.88 Å². The van der Waals surface area contributed by atoms with Gasteiger partial charge in [0.25, 0.3) is 0 Å². The van der Waals surface area contributed by atoms with E-state index in [0.29, 0.717) is 6.04 Å². The monoisotopic (exact) mass is 234 g/mol. The Morgan fingerprint density at radius 2 is 2.24 bits per heavy atom. The molecule has 17 heavy (non-hydrogen) atoms. The fourth-order valence-corrected chi connectivity index (χ4v) is 2.71. The Bertz CT molecular complexity index is 367. The van der Waals surface area contributed by atoms with Crippen LogP contribution >= 0.6 is 0 Å². The molecule has 1 aromatic heterocycles. The molecule has 3 heteroatoms. The van der Waals surface area contributed by atoms with Gasteiger partial charge in [-0.15, -0.1) is 0 Å². The number of aryl methyl sites for hydroxylation is 1. The van der Waals surface area contributed by atoms with Gasteiger partial charge in [-0.05, 0) is 44.9 Å². The second-order valence-corrected chi connectivity index (χ2v) is 4.90. The van der Waals surface area contributed by atoms with Crippen LogP contribution in [0.1, 0.15) is 37.6 Å². The molecule has 1 aliphatic carbocycles. The van der Waals surface area contributed by atoms with Gasteiger partial charge in [0.15, 0.2) is 0 Å². The Hall–Kier alpha value is -0.930. The summed E-state index contributed by atoms with van der Waals surface area (Å²) in [4.78, 5) is 6.88. The lowest BCUT2D eigenvalue weighted by atomic mass is 10.1. The zero-order chi connectivity index (χ0) is 12.3. The molecule has 1 aliphatic rings. The molecule has 1 saturated carbocycles. The van der Waals surface area contributed by atoms with E-state index in [-0.39, 0.29) is 6.10 Å². The van der Waals surface area contributed by atoms with Crippen LogP contribution in [0.2, 0.25) is 0 Å². The van der Waals surface area contributed by atoms with E-state index in [0.717, 1.165) is 43.7 Å². The maximum Gasteiger partial charge on any atom is 0.0695 e. The van der Waals surface area contributed by atoms with Crippen LogP contribution < -0.4 is 0 Å². The molecule has 2 rings (SSSR count). The van der Waals surface area contributed by atoms with Crippen molar-refractivity contribution in [3.05, 3.63) is 29.6 Å². The average molecular weight is 234 g/mol. The van der Waals surface area contributed by atoms with E-state index in [2.05, 4.69) is 28.9 Å². The normalized spacial score (nSPS) is 24.5. The van der Waals surface area contributed by atoms with Crippen LogP contribution in [0, 0.1) is 6.92 Å². The summed E-state index contributed by atoms with van der Waals surface area (Å²) in [7, 11) is 0. The zero-order valence-corrected chi connectivity index (χ0v) is 10.8. The van der Waals surface area contributed by atoms with Crippen molar-refractivity contribution in [3.63, 3.8) is 0 Å². The van der Waals surface area contributed by atoms with E-state index >= 15 is 0 Å². The quantitative estimate of drug-likeness (QED) is 0.867. The minimum Gasteiger partial charge on any atom is -0.391 e. The third-order valence-corrected chi connectivity index (χ3v) is 3.63. The van der Waals surface area contributed by atoms with Crippen LogP contribution in [0.3, 0.4) is 0 Å². The Balaban J connectivity index is 2.04. The molecule has 0 aliphatic heterocycles. The standard InChI is InChI=1S/C14H22N2O/c1-3-16(13-8-5-9-14(13)17)10-12-7-4-6-11(2)15-12/h4,6-7,13-14,17H,3,5,8-10H2,1-2H3/t13-,14-/m1/s1. The molecule has 1 fully saturated rings. The Kier molecular flexibility index (Phi) is 4.13. The Labute approximate surface area is 103 Å². The summed E-state index contributed by atoms with van der Waals surface area (Å²) in [5, 5.41) is 9.96. The lowest BCUT2D eigenvalue weighted by Crippen LogP contribution is -2.39. The van der Waals surface area contributed by atoms with Gasteiger partial charge < -0.3 is 5.11 Å². The maximum absolute atomic E-state index is 9.96. The van der Waals surface area contributed by atoms with Crippen molar-refractivity contribution in [1.29, 1.82) is 0 Å². The highest BCUT2D eigenvalue weighted by atomic mass is 16.3. The van der Waals surface area contributed by atoms with Crippen molar-refractivity contribution in [2.24, 2.45) is 0 Å². The molecular formula is C14H22N2O. The molecule has 0 aromatic carbocycles. The number of hydrogen-bond acceptors (Lipinski definition) is 3. The number of aliphatic hydroxyl groups excluding tert-OH is 1. The van der Waals surface area contributed by atoms with Crippen molar-refractivity contribution in [2.75, 3.05) is 6.54 Å². The first kappa shape index (κ1) is 12.5. The first-order valence-corrected chi connectivity index (χ1v) is 6.55. The van der Waals surface area contributed by atoms with Crippen LogP contribution in [-0.2, 0) is 6.54 Å². The summed E-state index contributed by atoms with van der Waals surface area (Å²) < 4.78 is 0. The van der Waals surface area contributed by atoms with Gasteiger partial charge in [0.1, 0.15) is 0 Å². The van der Waals surface area contributed by atoms with Crippen molar-refractivity contribution in [2.45, 2.75) is 51.8 Å². The molecular weight excluding hydrogens is 212 g/mol. The fourth-order valence-electron chi connectivity index (χ4n) is 2.71. The summed E-state index contributed by atoms with van der Waals surface area (Å²) in [6, 6.07) is 6.46. The summed E-state index contributed by atoms with van der Waals surface area (Å²) in [6.07, 6.45) is 3.05. The molecule has 2 atom stereocenters. The highest BCUT2D eigenvalue weighted by molar-refractivity contribution is 5.10. The zero-order valence-electron chi connectivity index (χ0n) is 10.8. The minimum atomic E-state index is -0.153. The Morgan fingerprint density at radius 3 is 2.82 bits per heavy atom. The van der Waals surface area contributed by atoms with Gasteiger partial charge >= 0.3 is 0 Å². The first-order chi connectivity index (χ1) is 8.20. The minimum absolute atomic E-state index is 0.153. The van der Waals surface area contributed by atoms with Crippen molar-refractivity contribution in [3.8, 4) is 0 Å². The molecule has 0 bridgehead atoms. The van der Waals surface area contributed by atoms with Crippen LogP contribution in [0.5, 0.6) is 0 Å². The van der Waals surface area contributed by atoms with Gasteiger partial charge in [-0.3, -0.25) is 9.88 Å². The van der Waals surface area contributed by atoms with E-state index in [1.807, 2.05) is 13.0 Å². The second-order valence-electron chi connectivity index (χ2n) is 4.90. The highest BCUT2D eigenvalue weighted by Crippen LogP contribution is 2.25. The third kappa shape index (κ3) is 3.05. The number of hydrogen-bond donors (Lipinski definition) is 1. The van der Waals surface area contributed by atoms with Gasteiger partial charge in [0.2, 0.25) is 0 Å². The second kappa shape index (κ2) is 5.61. The van der Waals surface area contributed by atoms with E-state index in [9.17, 15) is 5.11 Å². The molecule has 94 valence electrons. The van der Waals surface area contributed by atoms with Crippen LogP contribution in [0.25, 0.3) is 0 Å². The molecule has 0 spiro atoms. The molecule has 0 saturated heterocycles. The number of aliphatic hydroxyl groups is 1. The maximum atomic E-state index is 9.96. The summed E-state index contributed by atoms with van der Waals surface area (Å²) in [5.41, 5.74) is 2.16. The SMILES string of the molecule is CCN(Cc1cccc(C)n1)[C@@H]1CCC[C@H]1O. The van der Waals surface area contributed by atoms with E-state index < -0.39 is 0 Å². The number of pyridine rings is 1. The van der Waals surface area contributed by atoms with Gasteiger partial charge in [-0.1, -0.05) is 13.0 Å². The van der Waals surface area contributed by atoms with Gasteiger partial charge in [0, 0.05) is 18.3 Å². The third-order valence-electron chi connectivity index (χ3n) is 3.63. The molecule has 3 nitrogen and oxygen atoms in total. The lowest BCUT2D eigenvalue weighted by Gasteiger charge is -2.29. The Morgan fingerprint density at radius 1 is 1.41 bits per heavy atom. The highest BCUT2D eigenvalue weighted by Gasteiger charge is 2.29. The molecule has 1 N–H and O–H groups in total. The van der Waals surface area contributed by atoms with Crippen molar-refractivity contribution < 1.29 is 5.11 Å². The van der Waals surface area contributed by atoms with E-state index in [4.69, 9.17) is 0 Å². The number of nitrogens with zero attached hydrogens (tertiary/aromatic N) is 2. The predicted octanol–water partition coefficient (Wildman–Crippen LogP) is 2.13. The summed E-state index contributed by atoms with van der Waals surface area (Å²) in [5.74, 6) is 0. The van der Waals surface area contributed by atoms with Crippen LogP contribution in [0.15, 0.2) is 18.2 Å². The van der Waals surface area contributed by atoms with E-state index in [1.165, 1.54) is 0 Å². The number of aromatic nitrogens is 1. The molecule has 1 aromatic rings. The molecule has 0 radical (unpaired) electrons. The predicted molar refractivity (Wildman–Crippen MR) is 68.7 cm³/mol. The van der Waals surface area contributed by atoms with Crippen LogP contribution in [-0.4, -0.2) is 33.7 Å². The average Bonchev–Trinajstić information content (AvgIpc) is 2.72. The lowest BCUT2D eigenvalue weighted by molar-refractivity contribution is 0.0686. The molecule has 0 amide bonds. The van der Waals surface area contributed by atoms with Gasteiger partial charge in [-0.2, -0.15) is 0 Å². The van der Waals surface area contributed by atoms with Gasteiger partial charge in [-0.25, -0.2) is 0 Å². The molecule has 1 heterocycles. The number of rotatable bonds is 4. The topological polar surface area (TPSA) is 36.4 Å². The fraction of sp³-hybridized carbons (Fsp3) is 0.643. The summed E-state index contributed by atoms with van der Waals surface area (Å²) in [6.45, 7) is 5.99. The first-order valence-electron chi connectivity index (χ1n) is 6.55. The van der Waals surface area contributed by atoms with Gasteiger partial charge in [0.05, 0.1) is 11.8 Å².